The van der Waals surface area contributed by atoms with Crippen LogP contribution in [0.1, 0.15) is 37.5 Å². The van der Waals surface area contributed by atoms with Gasteiger partial charge in [-0.2, -0.15) is 0 Å². The Morgan fingerprint density at radius 2 is 1.94 bits per heavy atom. The predicted molar refractivity (Wildman–Crippen MR) is 62.2 cm³/mol. The highest BCUT2D eigenvalue weighted by Gasteiger charge is 2.23. The molecule has 3 nitrogen and oxygen atoms in total. The first-order valence-electron chi connectivity index (χ1n) is 5.47. The van der Waals surface area contributed by atoms with Crippen molar-refractivity contribution in [3.05, 3.63) is 35.4 Å². The van der Waals surface area contributed by atoms with Gasteiger partial charge in [0.25, 0.3) is 5.97 Å². The zero-order chi connectivity index (χ0) is 12.1. The van der Waals surface area contributed by atoms with Gasteiger partial charge in [-0.25, -0.2) is 0 Å². The summed E-state index contributed by atoms with van der Waals surface area (Å²) in [5.74, 6) is -0.417. The summed E-state index contributed by atoms with van der Waals surface area (Å²) in [6.45, 7) is 3.20. The van der Waals surface area contributed by atoms with Crippen LogP contribution in [0.4, 0.5) is 0 Å². The van der Waals surface area contributed by atoms with Gasteiger partial charge in [0.15, 0.2) is 0 Å². The zero-order valence-electron chi connectivity index (χ0n) is 9.68. The van der Waals surface area contributed by atoms with Crippen LogP contribution in [0.2, 0.25) is 0 Å². The van der Waals surface area contributed by atoms with Crippen molar-refractivity contribution >= 4 is 5.97 Å². The molecule has 0 aliphatic heterocycles. The van der Waals surface area contributed by atoms with Gasteiger partial charge in [-0.3, -0.25) is 4.79 Å². The Hall–Kier alpha value is -1.35. The van der Waals surface area contributed by atoms with Gasteiger partial charge in [-0.05, 0) is 29.9 Å². The highest BCUT2D eigenvalue weighted by molar-refractivity contribution is 5.62. The van der Waals surface area contributed by atoms with Crippen molar-refractivity contribution in [2.45, 2.75) is 32.8 Å². The van der Waals surface area contributed by atoms with Gasteiger partial charge in [0.05, 0.1) is 6.10 Å². The minimum atomic E-state index is -0.833. The maximum Gasteiger partial charge on any atom is 0.300 e. The summed E-state index contributed by atoms with van der Waals surface area (Å²) in [6.07, 6.45) is 1.99. The van der Waals surface area contributed by atoms with Crippen LogP contribution >= 0.6 is 0 Å². The smallest absolute Gasteiger partial charge is 0.300 e. The Labute approximate surface area is 95.7 Å². The molecule has 0 radical (unpaired) electrons. The fourth-order valence-corrected chi connectivity index (χ4v) is 1.90. The lowest BCUT2D eigenvalue weighted by molar-refractivity contribution is -0.134. The number of carbonyl (C=O) groups is 1. The summed E-state index contributed by atoms with van der Waals surface area (Å²) in [4.78, 5) is 9.00. The Balaban J connectivity index is 0.000000280. The summed E-state index contributed by atoms with van der Waals surface area (Å²) in [6, 6.07) is 8.20. The average molecular weight is 222 g/mol. The lowest BCUT2D eigenvalue weighted by Gasteiger charge is -2.27. The fourth-order valence-electron chi connectivity index (χ4n) is 1.90. The van der Waals surface area contributed by atoms with Crippen LogP contribution in [0.3, 0.4) is 0 Å². The van der Waals surface area contributed by atoms with Crippen molar-refractivity contribution in [1.29, 1.82) is 0 Å². The van der Waals surface area contributed by atoms with Gasteiger partial charge in [-0.1, -0.05) is 31.2 Å². The standard InChI is InChI=1S/C11H14O.C2H4O2/c1-8-6-7-9-4-2-3-5-10(9)11(8)12;1-2(3)4/h2-5,8,11-12H,6-7H2,1H3;1H3,(H,3,4)/t8-,11+;/m1./s1. The highest BCUT2D eigenvalue weighted by atomic mass is 16.4. The summed E-state index contributed by atoms with van der Waals surface area (Å²) < 4.78 is 0. The number of carboxylic acids is 1. The number of aliphatic hydroxyl groups excluding tert-OH is 1. The van der Waals surface area contributed by atoms with Crippen molar-refractivity contribution in [1.82, 2.24) is 0 Å². The van der Waals surface area contributed by atoms with Gasteiger partial charge in [0, 0.05) is 6.92 Å². The second-order valence-electron chi connectivity index (χ2n) is 4.18. The van der Waals surface area contributed by atoms with Gasteiger partial charge in [0.1, 0.15) is 0 Å². The third-order valence-corrected chi connectivity index (χ3v) is 2.78. The van der Waals surface area contributed by atoms with E-state index in [4.69, 9.17) is 9.90 Å². The van der Waals surface area contributed by atoms with Crippen LogP contribution in [0.5, 0.6) is 0 Å². The largest absolute Gasteiger partial charge is 0.481 e. The molecule has 16 heavy (non-hydrogen) atoms. The highest BCUT2D eigenvalue weighted by Crippen LogP contribution is 2.33. The molecule has 0 amide bonds. The molecule has 1 aliphatic carbocycles. The van der Waals surface area contributed by atoms with Crippen LogP contribution < -0.4 is 0 Å². The van der Waals surface area contributed by atoms with E-state index in [1.165, 1.54) is 5.56 Å². The van der Waals surface area contributed by atoms with Gasteiger partial charge in [0.2, 0.25) is 0 Å². The first-order chi connectivity index (χ1) is 7.52. The van der Waals surface area contributed by atoms with E-state index in [1.54, 1.807) is 0 Å². The number of rotatable bonds is 0. The maximum absolute atomic E-state index is 9.83. The number of aliphatic carboxylic acids is 1. The molecule has 0 spiro atoms. The Kier molecular flexibility index (Phi) is 4.50. The van der Waals surface area contributed by atoms with E-state index in [1.807, 2.05) is 18.2 Å². The fraction of sp³-hybridized carbons (Fsp3) is 0.462. The second kappa shape index (κ2) is 5.66. The van der Waals surface area contributed by atoms with Crippen LogP contribution in [-0.2, 0) is 11.2 Å². The molecule has 0 saturated carbocycles. The molecule has 0 unspecified atom stereocenters. The van der Waals surface area contributed by atoms with E-state index in [0.29, 0.717) is 5.92 Å². The minimum absolute atomic E-state index is 0.241. The number of aliphatic hydroxyl groups is 1. The molecule has 2 rings (SSSR count). The van der Waals surface area contributed by atoms with E-state index in [-0.39, 0.29) is 6.10 Å². The number of aryl methyl sites for hydroxylation is 1. The molecule has 0 saturated heterocycles. The average Bonchev–Trinajstić information content (AvgIpc) is 2.23. The van der Waals surface area contributed by atoms with Crippen molar-refractivity contribution in [3.8, 4) is 0 Å². The molecule has 0 heterocycles. The Morgan fingerprint density at radius 1 is 1.38 bits per heavy atom. The maximum atomic E-state index is 9.83. The van der Waals surface area contributed by atoms with Gasteiger partial charge >= 0.3 is 0 Å². The van der Waals surface area contributed by atoms with Crippen LogP contribution in [0.15, 0.2) is 24.3 Å². The third-order valence-electron chi connectivity index (χ3n) is 2.78. The topological polar surface area (TPSA) is 57.5 Å². The van der Waals surface area contributed by atoms with Gasteiger partial charge < -0.3 is 10.2 Å². The molecule has 2 N–H and O–H groups in total. The Morgan fingerprint density at radius 3 is 2.56 bits per heavy atom. The lowest BCUT2D eigenvalue weighted by Crippen LogP contribution is -2.17. The van der Waals surface area contributed by atoms with Crippen molar-refractivity contribution in [2.24, 2.45) is 5.92 Å². The number of hydrogen-bond acceptors (Lipinski definition) is 2. The quantitative estimate of drug-likeness (QED) is 0.708. The molecular formula is C13H18O3. The van der Waals surface area contributed by atoms with E-state index < -0.39 is 5.97 Å². The predicted octanol–water partition coefficient (Wildman–Crippen LogP) is 2.39. The summed E-state index contributed by atoms with van der Waals surface area (Å²) in [5, 5.41) is 17.2. The summed E-state index contributed by atoms with van der Waals surface area (Å²) in [5.41, 5.74) is 2.46. The number of carboxylic acid groups (broad SMARTS) is 1. The normalized spacial score (nSPS) is 22.7. The molecule has 1 aromatic carbocycles. The number of fused-ring (bicyclic) bond motifs is 1. The SMILES string of the molecule is CC(=O)O.C[C@@H]1CCc2ccccc2[C@H]1O. The van der Waals surface area contributed by atoms with Gasteiger partial charge in [-0.15, -0.1) is 0 Å². The molecular weight excluding hydrogens is 204 g/mol. The van der Waals surface area contributed by atoms with Crippen molar-refractivity contribution < 1.29 is 15.0 Å². The number of hydrogen-bond donors (Lipinski definition) is 2. The van der Waals surface area contributed by atoms with Crippen LogP contribution in [0, 0.1) is 5.92 Å². The zero-order valence-corrected chi connectivity index (χ0v) is 9.68. The first-order valence-corrected chi connectivity index (χ1v) is 5.47. The van der Waals surface area contributed by atoms with Crippen molar-refractivity contribution in [3.63, 3.8) is 0 Å². The summed E-state index contributed by atoms with van der Waals surface area (Å²) in [7, 11) is 0. The molecule has 88 valence electrons. The van der Waals surface area contributed by atoms with Crippen molar-refractivity contribution in [2.75, 3.05) is 0 Å². The minimum Gasteiger partial charge on any atom is -0.481 e. The van der Waals surface area contributed by atoms with E-state index in [0.717, 1.165) is 25.3 Å². The molecule has 3 heteroatoms. The molecule has 2 atom stereocenters. The lowest BCUT2D eigenvalue weighted by atomic mass is 9.83. The van der Waals surface area contributed by atoms with Crippen LogP contribution in [0.25, 0.3) is 0 Å². The third kappa shape index (κ3) is 3.35. The van der Waals surface area contributed by atoms with E-state index in [2.05, 4.69) is 13.0 Å². The van der Waals surface area contributed by atoms with E-state index >= 15 is 0 Å². The molecule has 0 fully saturated rings. The number of benzene rings is 1. The summed E-state index contributed by atoms with van der Waals surface area (Å²) >= 11 is 0. The second-order valence-corrected chi connectivity index (χ2v) is 4.18. The van der Waals surface area contributed by atoms with Crippen LogP contribution in [-0.4, -0.2) is 16.2 Å². The molecule has 0 bridgehead atoms. The molecule has 1 aromatic rings. The first kappa shape index (κ1) is 12.7. The monoisotopic (exact) mass is 222 g/mol. The molecule has 0 aromatic heterocycles. The Bertz CT molecular complexity index is 356. The molecule has 1 aliphatic rings. The van der Waals surface area contributed by atoms with E-state index in [9.17, 15) is 5.11 Å².